The predicted molar refractivity (Wildman–Crippen MR) is 70.0 cm³/mol. The van der Waals surface area contributed by atoms with Gasteiger partial charge >= 0.3 is 0 Å². The Balaban J connectivity index is 1.93. The minimum absolute atomic E-state index is 0.0376. The van der Waals surface area contributed by atoms with Crippen molar-refractivity contribution in [2.24, 2.45) is 0 Å². The van der Waals surface area contributed by atoms with Crippen LogP contribution in [0, 0.1) is 0 Å². The molecule has 2 N–H and O–H groups in total. The van der Waals surface area contributed by atoms with Gasteiger partial charge in [-0.25, -0.2) is 0 Å². The van der Waals surface area contributed by atoms with Gasteiger partial charge in [-0.1, -0.05) is 6.42 Å². The van der Waals surface area contributed by atoms with Crippen LogP contribution in [0.25, 0.3) is 0 Å². The Hall–Kier alpha value is -0.390. The molecule has 1 saturated heterocycles. The molecule has 1 fully saturated rings. The molecular formula is C11H15BrN2OS. The molecular weight excluding hydrogens is 288 g/mol. The second-order valence-corrected chi connectivity index (χ2v) is 5.74. The Labute approximate surface area is 108 Å². The van der Waals surface area contributed by atoms with Crippen LogP contribution in [0.4, 0.5) is 0 Å². The van der Waals surface area contributed by atoms with Crippen LogP contribution in [-0.2, 0) is 0 Å². The number of nitrogens with one attached hydrogen (secondary N) is 2. The van der Waals surface area contributed by atoms with Crippen LogP contribution in [0.2, 0.25) is 0 Å². The number of carbonyl (C=O) groups is 1. The first-order valence-electron chi connectivity index (χ1n) is 5.52. The lowest BCUT2D eigenvalue weighted by atomic mass is 10.1. The lowest BCUT2D eigenvalue weighted by Gasteiger charge is -2.15. The second-order valence-electron chi connectivity index (χ2n) is 3.97. The number of rotatable bonds is 2. The smallest absolute Gasteiger partial charge is 0.262 e. The van der Waals surface area contributed by atoms with Gasteiger partial charge in [-0.3, -0.25) is 4.79 Å². The molecule has 1 amide bonds. The van der Waals surface area contributed by atoms with Gasteiger partial charge in [0.2, 0.25) is 0 Å². The standard InChI is InChI=1S/C11H15BrN2OS/c12-9-4-6-16-10(9)11(15)14-8-3-1-2-5-13-7-8/h4,6,8,13H,1-3,5,7H2,(H,14,15). The van der Waals surface area contributed by atoms with Crippen molar-refractivity contribution in [3.8, 4) is 0 Å². The molecule has 0 aromatic carbocycles. The summed E-state index contributed by atoms with van der Waals surface area (Å²) in [6.07, 6.45) is 3.46. The number of halogens is 1. The first kappa shape index (κ1) is 12.1. The van der Waals surface area contributed by atoms with E-state index in [4.69, 9.17) is 0 Å². The maximum atomic E-state index is 11.9. The average Bonchev–Trinajstić information content (AvgIpc) is 2.53. The molecule has 0 aliphatic carbocycles. The molecule has 3 nitrogen and oxygen atoms in total. The summed E-state index contributed by atoms with van der Waals surface area (Å²) in [5.74, 6) is 0.0376. The number of amides is 1. The first-order chi connectivity index (χ1) is 7.77. The minimum atomic E-state index is 0.0376. The molecule has 1 aliphatic rings. The fourth-order valence-electron chi connectivity index (χ4n) is 1.85. The van der Waals surface area contributed by atoms with Crippen LogP contribution in [-0.4, -0.2) is 25.0 Å². The summed E-state index contributed by atoms with van der Waals surface area (Å²) in [4.78, 5) is 12.7. The first-order valence-corrected chi connectivity index (χ1v) is 7.19. The topological polar surface area (TPSA) is 41.1 Å². The summed E-state index contributed by atoms with van der Waals surface area (Å²) >= 11 is 4.85. The minimum Gasteiger partial charge on any atom is -0.347 e. The lowest BCUT2D eigenvalue weighted by Crippen LogP contribution is -2.40. The van der Waals surface area contributed by atoms with Gasteiger partial charge in [0.05, 0.1) is 0 Å². The van der Waals surface area contributed by atoms with E-state index in [1.54, 1.807) is 0 Å². The van der Waals surface area contributed by atoms with Crippen molar-refractivity contribution in [3.63, 3.8) is 0 Å². The highest BCUT2D eigenvalue weighted by atomic mass is 79.9. The van der Waals surface area contributed by atoms with E-state index in [0.29, 0.717) is 0 Å². The van der Waals surface area contributed by atoms with E-state index in [9.17, 15) is 4.79 Å². The molecule has 1 aromatic rings. The van der Waals surface area contributed by atoms with Crippen molar-refractivity contribution in [3.05, 3.63) is 20.8 Å². The second kappa shape index (κ2) is 5.80. The normalized spacial score (nSPS) is 21.4. The highest BCUT2D eigenvalue weighted by Crippen LogP contribution is 2.22. The molecule has 1 aromatic heterocycles. The van der Waals surface area contributed by atoms with Crippen LogP contribution >= 0.6 is 27.3 Å². The van der Waals surface area contributed by atoms with Crippen molar-refractivity contribution in [2.45, 2.75) is 25.3 Å². The summed E-state index contributed by atoms with van der Waals surface area (Å²) < 4.78 is 0.886. The Morgan fingerprint density at radius 2 is 2.44 bits per heavy atom. The quantitative estimate of drug-likeness (QED) is 0.881. The van der Waals surface area contributed by atoms with Crippen LogP contribution in [0.1, 0.15) is 28.9 Å². The maximum Gasteiger partial charge on any atom is 0.262 e. The zero-order chi connectivity index (χ0) is 11.4. The van der Waals surface area contributed by atoms with Gasteiger partial charge in [0, 0.05) is 17.1 Å². The Kier molecular flexibility index (Phi) is 4.37. The van der Waals surface area contributed by atoms with Crippen LogP contribution in [0.3, 0.4) is 0 Å². The molecule has 2 heterocycles. The Morgan fingerprint density at radius 1 is 1.56 bits per heavy atom. The summed E-state index contributed by atoms with van der Waals surface area (Å²) in [5, 5.41) is 8.34. The Morgan fingerprint density at radius 3 is 3.19 bits per heavy atom. The third-order valence-corrected chi connectivity index (χ3v) is 4.54. The summed E-state index contributed by atoms with van der Waals surface area (Å²) in [5.41, 5.74) is 0. The Bertz CT molecular complexity index is 359. The highest BCUT2D eigenvalue weighted by Gasteiger charge is 2.17. The molecule has 1 atom stereocenters. The van der Waals surface area contributed by atoms with E-state index >= 15 is 0 Å². The van der Waals surface area contributed by atoms with Crippen molar-refractivity contribution in [1.82, 2.24) is 10.6 Å². The third-order valence-electron chi connectivity index (χ3n) is 2.71. The summed E-state index contributed by atoms with van der Waals surface area (Å²) in [7, 11) is 0. The van der Waals surface area contributed by atoms with Gasteiger partial charge in [0.15, 0.2) is 0 Å². The van der Waals surface area contributed by atoms with Gasteiger partial charge in [-0.2, -0.15) is 0 Å². The molecule has 0 saturated carbocycles. The molecule has 16 heavy (non-hydrogen) atoms. The van der Waals surface area contributed by atoms with E-state index in [1.807, 2.05) is 11.4 Å². The maximum absolute atomic E-state index is 11.9. The zero-order valence-corrected chi connectivity index (χ0v) is 11.4. The van der Waals surface area contributed by atoms with E-state index in [0.717, 1.165) is 28.9 Å². The molecule has 1 unspecified atom stereocenters. The predicted octanol–water partition coefficient (Wildman–Crippen LogP) is 2.38. The monoisotopic (exact) mass is 302 g/mol. The molecule has 1 aliphatic heterocycles. The summed E-state index contributed by atoms with van der Waals surface area (Å²) in [6, 6.07) is 2.18. The average molecular weight is 303 g/mol. The molecule has 0 radical (unpaired) electrons. The van der Waals surface area contributed by atoms with Crippen LogP contribution in [0.15, 0.2) is 15.9 Å². The van der Waals surface area contributed by atoms with Crippen molar-refractivity contribution in [2.75, 3.05) is 13.1 Å². The highest BCUT2D eigenvalue weighted by molar-refractivity contribution is 9.10. The number of thiophene rings is 1. The van der Waals surface area contributed by atoms with E-state index in [-0.39, 0.29) is 11.9 Å². The lowest BCUT2D eigenvalue weighted by molar-refractivity contribution is 0.0939. The van der Waals surface area contributed by atoms with Gasteiger partial charge in [0.25, 0.3) is 5.91 Å². The van der Waals surface area contributed by atoms with Crippen LogP contribution in [0.5, 0.6) is 0 Å². The SMILES string of the molecule is O=C(NC1CCCCNC1)c1sccc1Br. The molecule has 5 heteroatoms. The largest absolute Gasteiger partial charge is 0.347 e. The number of hydrogen-bond donors (Lipinski definition) is 2. The molecule has 2 rings (SSSR count). The van der Waals surface area contributed by atoms with Gasteiger partial charge in [-0.05, 0) is 46.8 Å². The van der Waals surface area contributed by atoms with Gasteiger partial charge < -0.3 is 10.6 Å². The fraction of sp³-hybridized carbons (Fsp3) is 0.545. The van der Waals surface area contributed by atoms with E-state index in [1.165, 1.54) is 24.2 Å². The molecule has 88 valence electrons. The van der Waals surface area contributed by atoms with Gasteiger partial charge in [0.1, 0.15) is 4.88 Å². The van der Waals surface area contributed by atoms with E-state index < -0.39 is 0 Å². The fourth-order valence-corrected chi connectivity index (χ4v) is 3.30. The summed E-state index contributed by atoms with van der Waals surface area (Å²) in [6.45, 7) is 1.95. The van der Waals surface area contributed by atoms with Crippen molar-refractivity contribution < 1.29 is 4.79 Å². The molecule has 0 bridgehead atoms. The number of hydrogen-bond acceptors (Lipinski definition) is 3. The molecule has 0 spiro atoms. The zero-order valence-electron chi connectivity index (χ0n) is 8.96. The van der Waals surface area contributed by atoms with Crippen molar-refractivity contribution in [1.29, 1.82) is 0 Å². The number of carbonyl (C=O) groups excluding carboxylic acids is 1. The van der Waals surface area contributed by atoms with E-state index in [2.05, 4.69) is 26.6 Å². The van der Waals surface area contributed by atoms with Crippen molar-refractivity contribution >= 4 is 33.2 Å². The van der Waals surface area contributed by atoms with Crippen LogP contribution < -0.4 is 10.6 Å². The third kappa shape index (κ3) is 3.06. The van der Waals surface area contributed by atoms with Gasteiger partial charge in [-0.15, -0.1) is 11.3 Å².